The van der Waals surface area contributed by atoms with E-state index >= 15 is 0 Å². The second-order valence-electron chi connectivity index (χ2n) is 5.65. The van der Waals surface area contributed by atoms with Crippen LogP contribution in [0.4, 0.5) is 0 Å². The molecular weight excluding hydrogens is 348 g/mol. The van der Waals surface area contributed by atoms with Crippen LogP contribution in [-0.4, -0.2) is 26.9 Å². The Labute approximate surface area is 155 Å². The van der Waals surface area contributed by atoms with Crippen LogP contribution in [0.5, 0.6) is 5.75 Å². The van der Waals surface area contributed by atoms with E-state index in [-0.39, 0.29) is 0 Å². The summed E-state index contributed by atoms with van der Waals surface area (Å²) >= 11 is 1.60. The molecule has 2 aromatic carbocycles. The quantitative estimate of drug-likeness (QED) is 0.471. The van der Waals surface area contributed by atoms with Gasteiger partial charge in [0.1, 0.15) is 5.75 Å². The fourth-order valence-electron chi connectivity index (χ4n) is 2.76. The van der Waals surface area contributed by atoms with Gasteiger partial charge in [-0.1, -0.05) is 23.9 Å². The van der Waals surface area contributed by atoms with Crippen molar-refractivity contribution >= 4 is 22.8 Å². The Balaban J connectivity index is 1.51. The van der Waals surface area contributed by atoms with Gasteiger partial charge in [0.05, 0.1) is 23.9 Å². The number of aryl methyl sites for hydroxylation is 1. The minimum absolute atomic E-state index is 0.507. The molecule has 0 saturated heterocycles. The van der Waals surface area contributed by atoms with Gasteiger partial charge in [0.2, 0.25) is 11.8 Å². The van der Waals surface area contributed by atoms with Crippen molar-refractivity contribution in [1.29, 1.82) is 0 Å². The Morgan fingerprint density at radius 3 is 2.65 bits per heavy atom. The number of hydrogen-bond acceptors (Lipinski definition) is 6. The standard InChI is InChI=1S/C19H18N4O2S/c1-3-23-16-7-5-4-6-15(16)20-19(23)26-12-17-21-22-18(25-17)13-8-10-14(24-2)11-9-13/h4-11H,3,12H2,1-2H3. The average Bonchev–Trinajstić information content (AvgIpc) is 3.30. The molecule has 6 nitrogen and oxygen atoms in total. The first-order valence-electron chi connectivity index (χ1n) is 8.33. The molecule has 2 aromatic heterocycles. The molecule has 26 heavy (non-hydrogen) atoms. The summed E-state index contributed by atoms with van der Waals surface area (Å²) in [4.78, 5) is 4.70. The van der Waals surface area contributed by atoms with Crippen molar-refractivity contribution in [3.8, 4) is 17.2 Å². The molecule has 132 valence electrons. The van der Waals surface area contributed by atoms with Crippen LogP contribution >= 0.6 is 11.8 Å². The number of rotatable bonds is 6. The Morgan fingerprint density at radius 2 is 1.88 bits per heavy atom. The molecule has 0 atom stereocenters. The number of imidazole rings is 1. The summed E-state index contributed by atoms with van der Waals surface area (Å²) in [5.74, 6) is 2.46. The van der Waals surface area contributed by atoms with E-state index < -0.39 is 0 Å². The average molecular weight is 366 g/mol. The molecule has 0 aliphatic rings. The molecule has 0 unspecified atom stereocenters. The van der Waals surface area contributed by atoms with E-state index in [0.717, 1.165) is 34.0 Å². The Bertz CT molecular complexity index is 1020. The number of para-hydroxylation sites is 2. The number of aromatic nitrogens is 4. The number of benzene rings is 2. The monoisotopic (exact) mass is 366 g/mol. The predicted octanol–water partition coefficient (Wildman–Crippen LogP) is 4.41. The smallest absolute Gasteiger partial charge is 0.247 e. The maximum atomic E-state index is 5.79. The summed E-state index contributed by atoms with van der Waals surface area (Å²) in [6.07, 6.45) is 0. The lowest BCUT2D eigenvalue weighted by Gasteiger charge is -2.03. The lowest BCUT2D eigenvalue weighted by molar-refractivity contribution is 0.415. The number of ether oxygens (including phenoxy) is 1. The topological polar surface area (TPSA) is 66.0 Å². The van der Waals surface area contributed by atoms with Gasteiger partial charge in [-0.3, -0.25) is 0 Å². The van der Waals surface area contributed by atoms with Crippen LogP contribution in [0.3, 0.4) is 0 Å². The van der Waals surface area contributed by atoms with E-state index in [1.807, 2.05) is 42.5 Å². The van der Waals surface area contributed by atoms with Crippen molar-refractivity contribution in [2.24, 2.45) is 0 Å². The van der Waals surface area contributed by atoms with Gasteiger partial charge in [-0.05, 0) is 43.3 Å². The highest BCUT2D eigenvalue weighted by atomic mass is 32.2. The van der Waals surface area contributed by atoms with E-state index in [0.29, 0.717) is 17.5 Å². The molecule has 0 saturated carbocycles. The largest absolute Gasteiger partial charge is 0.497 e. The second kappa shape index (κ2) is 7.21. The molecule has 0 spiro atoms. The Kier molecular flexibility index (Phi) is 4.62. The van der Waals surface area contributed by atoms with E-state index in [4.69, 9.17) is 14.1 Å². The van der Waals surface area contributed by atoms with Gasteiger partial charge < -0.3 is 13.7 Å². The third-order valence-electron chi connectivity index (χ3n) is 4.06. The maximum absolute atomic E-state index is 5.79. The maximum Gasteiger partial charge on any atom is 0.247 e. The predicted molar refractivity (Wildman–Crippen MR) is 101 cm³/mol. The van der Waals surface area contributed by atoms with E-state index in [1.54, 1.807) is 18.9 Å². The minimum Gasteiger partial charge on any atom is -0.497 e. The van der Waals surface area contributed by atoms with Gasteiger partial charge in [-0.2, -0.15) is 0 Å². The van der Waals surface area contributed by atoms with Gasteiger partial charge in [0, 0.05) is 12.1 Å². The van der Waals surface area contributed by atoms with Crippen molar-refractivity contribution in [2.75, 3.05) is 7.11 Å². The van der Waals surface area contributed by atoms with Gasteiger partial charge in [0.15, 0.2) is 5.16 Å². The highest BCUT2D eigenvalue weighted by Gasteiger charge is 2.13. The second-order valence-corrected chi connectivity index (χ2v) is 6.59. The first-order valence-corrected chi connectivity index (χ1v) is 9.32. The van der Waals surface area contributed by atoms with Gasteiger partial charge >= 0.3 is 0 Å². The van der Waals surface area contributed by atoms with Crippen molar-refractivity contribution in [3.05, 3.63) is 54.4 Å². The molecule has 4 aromatic rings. The lowest BCUT2D eigenvalue weighted by atomic mass is 10.2. The molecule has 0 aliphatic heterocycles. The molecule has 4 rings (SSSR count). The zero-order chi connectivity index (χ0) is 17.9. The summed E-state index contributed by atoms with van der Waals surface area (Å²) in [6.45, 7) is 2.98. The summed E-state index contributed by atoms with van der Waals surface area (Å²) in [6, 6.07) is 15.7. The van der Waals surface area contributed by atoms with Crippen LogP contribution < -0.4 is 4.74 Å². The number of fused-ring (bicyclic) bond motifs is 1. The summed E-state index contributed by atoms with van der Waals surface area (Å²) in [7, 11) is 1.64. The fourth-order valence-corrected chi connectivity index (χ4v) is 3.67. The Morgan fingerprint density at radius 1 is 1.08 bits per heavy atom. The van der Waals surface area contributed by atoms with Crippen molar-refractivity contribution in [2.45, 2.75) is 24.4 Å². The van der Waals surface area contributed by atoms with Gasteiger partial charge in [0.25, 0.3) is 0 Å². The molecule has 0 bridgehead atoms. The van der Waals surface area contributed by atoms with E-state index in [9.17, 15) is 0 Å². The van der Waals surface area contributed by atoms with E-state index in [1.165, 1.54) is 0 Å². The number of hydrogen-bond donors (Lipinski definition) is 0. The van der Waals surface area contributed by atoms with Crippen LogP contribution in [0.2, 0.25) is 0 Å². The highest BCUT2D eigenvalue weighted by Crippen LogP contribution is 2.28. The zero-order valence-corrected chi connectivity index (χ0v) is 15.4. The van der Waals surface area contributed by atoms with Gasteiger partial charge in [-0.15, -0.1) is 10.2 Å². The van der Waals surface area contributed by atoms with Crippen LogP contribution in [0.25, 0.3) is 22.5 Å². The summed E-state index contributed by atoms with van der Waals surface area (Å²) < 4.78 is 13.2. The SMILES string of the molecule is CCn1c(SCc2nnc(-c3ccc(OC)cc3)o2)nc2ccccc21. The molecule has 0 fully saturated rings. The van der Waals surface area contributed by atoms with Crippen LogP contribution in [0.1, 0.15) is 12.8 Å². The molecule has 0 amide bonds. The first-order chi connectivity index (χ1) is 12.8. The lowest BCUT2D eigenvalue weighted by Crippen LogP contribution is -1.96. The third kappa shape index (κ3) is 3.17. The van der Waals surface area contributed by atoms with Crippen LogP contribution in [-0.2, 0) is 12.3 Å². The van der Waals surface area contributed by atoms with Crippen molar-refractivity contribution < 1.29 is 9.15 Å². The van der Waals surface area contributed by atoms with E-state index in [2.05, 4.69) is 27.8 Å². The fraction of sp³-hybridized carbons (Fsp3) is 0.211. The summed E-state index contributed by atoms with van der Waals surface area (Å²) in [5, 5.41) is 9.25. The molecular formula is C19H18N4O2S. The Hall–Kier alpha value is -2.80. The normalized spacial score (nSPS) is 11.2. The third-order valence-corrected chi connectivity index (χ3v) is 5.03. The highest BCUT2D eigenvalue weighted by molar-refractivity contribution is 7.98. The molecule has 2 heterocycles. The molecule has 0 aliphatic carbocycles. The zero-order valence-electron chi connectivity index (χ0n) is 14.5. The first kappa shape index (κ1) is 16.7. The van der Waals surface area contributed by atoms with Gasteiger partial charge in [-0.25, -0.2) is 4.98 Å². The molecule has 0 radical (unpaired) electrons. The van der Waals surface area contributed by atoms with Crippen LogP contribution in [0, 0.1) is 0 Å². The van der Waals surface area contributed by atoms with Crippen LogP contribution in [0.15, 0.2) is 58.1 Å². The molecule has 7 heteroatoms. The molecule has 0 N–H and O–H groups in total. The summed E-state index contributed by atoms with van der Waals surface area (Å²) in [5.41, 5.74) is 3.01. The number of nitrogens with zero attached hydrogens (tertiary/aromatic N) is 4. The van der Waals surface area contributed by atoms with Crippen molar-refractivity contribution in [3.63, 3.8) is 0 Å². The minimum atomic E-state index is 0.507. The number of thioether (sulfide) groups is 1. The van der Waals surface area contributed by atoms with Crippen molar-refractivity contribution in [1.82, 2.24) is 19.7 Å². The number of methoxy groups -OCH3 is 1.